The number of hydrogen-bond donors (Lipinski definition) is 1. The number of hydrogen-bond acceptors (Lipinski definition) is 5. The highest BCUT2D eigenvalue weighted by Gasteiger charge is 2.06. The summed E-state index contributed by atoms with van der Waals surface area (Å²) in [5.74, 6) is 0.628. The van der Waals surface area contributed by atoms with Crippen molar-refractivity contribution in [3.05, 3.63) is 35.8 Å². The third-order valence-electron chi connectivity index (χ3n) is 2.69. The molecule has 0 bridgehead atoms. The molecule has 1 N–H and O–H groups in total. The van der Waals surface area contributed by atoms with Gasteiger partial charge in [-0.3, -0.25) is 0 Å². The molecule has 19 heavy (non-hydrogen) atoms. The van der Waals surface area contributed by atoms with Crippen LogP contribution < -0.4 is 10.1 Å². The van der Waals surface area contributed by atoms with Gasteiger partial charge in [0.15, 0.2) is 0 Å². The Morgan fingerprint density at radius 1 is 1.42 bits per heavy atom. The van der Waals surface area contributed by atoms with Gasteiger partial charge < -0.3 is 10.1 Å². The second-order valence-electron chi connectivity index (χ2n) is 4.26. The van der Waals surface area contributed by atoms with Crippen LogP contribution in [0.2, 0.25) is 0 Å². The van der Waals surface area contributed by atoms with E-state index >= 15 is 0 Å². The van der Waals surface area contributed by atoms with Crippen LogP contribution in [0.5, 0.6) is 5.88 Å². The van der Waals surface area contributed by atoms with Gasteiger partial charge in [0.1, 0.15) is 0 Å². The first-order chi connectivity index (χ1) is 9.33. The van der Waals surface area contributed by atoms with Crippen molar-refractivity contribution in [1.29, 1.82) is 0 Å². The summed E-state index contributed by atoms with van der Waals surface area (Å²) in [5, 5.41) is 11.5. The molecule has 0 saturated carbocycles. The first-order valence-electron chi connectivity index (χ1n) is 6.41. The molecule has 2 heterocycles. The summed E-state index contributed by atoms with van der Waals surface area (Å²) in [4.78, 5) is 4.16. The number of aromatic nitrogens is 4. The SMILES string of the molecule is CCCNCc1cn(Cc2cccnc2OC)nn1. The zero-order chi connectivity index (χ0) is 13.5. The summed E-state index contributed by atoms with van der Waals surface area (Å²) in [6.07, 6.45) is 4.76. The maximum atomic E-state index is 5.22. The van der Waals surface area contributed by atoms with Crippen LogP contribution >= 0.6 is 0 Å². The molecule has 0 amide bonds. The molecule has 0 aromatic carbocycles. The zero-order valence-electron chi connectivity index (χ0n) is 11.3. The summed E-state index contributed by atoms with van der Waals surface area (Å²) in [6, 6.07) is 3.86. The van der Waals surface area contributed by atoms with Gasteiger partial charge in [-0.25, -0.2) is 9.67 Å². The fourth-order valence-corrected chi connectivity index (χ4v) is 1.79. The molecule has 0 unspecified atom stereocenters. The van der Waals surface area contributed by atoms with Crippen LogP contribution in [-0.2, 0) is 13.1 Å². The predicted octanol–water partition coefficient (Wildman–Crippen LogP) is 1.23. The Hall–Kier alpha value is -1.95. The van der Waals surface area contributed by atoms with Gasteiger partial charge in [0, 0.05) is 18.3 Å². The fourth-order valence-electron chi connectivity index (χ4n) is 1.79. The highest BCUT2D eigenvalue weighted by molar-refractivity contribution is 5.25. The summed E-state index contributed by atoms with van der Waals surface area (Å²) in [7, 11) is 1.62. The zero-order valence-corrected chi connectivity index (χ0v) is 11.3. The van der Waals surface area contributed by atoms with E-state index in [0.717, 1.165) is 30.8 Å². The smallest absolute Gasteiger partial charge is 0.218 e. The van der Waals surface area contributed by atoms with Gasteiger partial charge in [-0.1, -0.05) is 18.2 Å². The minimum absolute atomic E-state index is 0.609. The van der Waals surface area contributed by atoms with Crippen LogP contribution in [-0.4, -0.2) is 33.6 Å². The number of nitrogens with one attached hydrogen (secondary N) is 1. The van der Waals surface area contributed by atoms with Gasteiger partial charge in [-0.2, -0.15) is 0 Å². The maximum absolute atomic E-state index is 5.22. The highest BCUT2D eigenvalue weighted by atomic mass is 16.5. The number of ether oxygens (including phenoxy) is 1. The van der Waals surface area contributed by atoms with Gasteiger partial charge in [0.2, 0.25) is 5.88 Å². The van der Waals surface area contributed by atoms with Gasteiger partial charge in [0.05, 0.1) is 25.5 Å². The van der Waals surface area contributed by atoms with E-state index in [1.165, 1.54) is 0 Å². The van der Waals surface area contributed by atoms with Gasteiger partial charge in [-0.15, -0.1) is 5.10 Å². The first kappa shape index (κ1) is 13.5. The van der Waals surface area contributed by atoms with Crippen molar-refractivity contribution in [1.82, 2.24) is 25.3 Å². The van der Waals surface area contributed by atoms with Crippen molar-refractivity contribution in [3.63, 3.8) is 0 Å². The molecule has 102 valence electrons. The Morgan fingerprint density at radius 2 is 2.32 bits per heavy atom. The lowest BCUT2D eigenvalue weighted by atomic mass is 10.3. The monoisotopic (exact) mass is 261 g/mol. The van der Waals surface area contributed by atoms with E-state index in [1.54, 1.807) is 18.0 Å². The van der Waals surface area contributed by atoms with Crippen LogP contribution in [0, 0.1) is 0 Å². The summed E-state index contributed by atoms with van der Waals surface area (Å²) in [6.45, 7) is 4.48. The minimum atomic E-state index is 0.609. The molecule has 0 fully saturated rings. The molecular formula is C13H19N5O. The van der Waals surface area contributed by atoms with Gasteiger partial charge in [-0.05, 0) is 19.0 Å². The Bertz CT molecular complexity index is 511. The molecule has 0 atom stereocenters. The first-order valence-corrected chi connectivity index (χ1v) is 6.41. The van der Waals surface area contributed by atoms with Gasteiger partial charge in [0.25, 0.3) is 0 Å². The highest BCUT2D eigenvalue weighted by Crippen LogP contribution is 2.14. The van der Waals surface area contributed by atoms with Crippen molar-refractivity contribution in [2.24, 2.45) is 0 Å². The van der Waals surface area contributed by atoms with Crippen LogP contribution in [0.25, 0.3) is 0 Å². The van der Waals surface area contributed by atoms with Crippen LogP contribution in [0.3, 0.4) is 0 Å². The molecule has 0 radical (unpaired) electrons. The normalized spacial score (nSPS) is 10.6. The summed E-state index contributed by atoms with van der Waals surface area (Å²) < 4.78 is 7.01. The molecule has 2 aromatic rings. The largest absolute Gasteiger partial charge is 0.481 e. The Morgan fingerprint density at radius 3 is 3.11 bits per heavy atom. The minimum Gasteiger partial charge on any atom is -0.481 e. The molecule has 2 aromatic heterocycles. The molecule has 2 rings (SSSR count). The molecular weight excluding hydrogens is 242 g/mol. The van der Waals surface area contributed by atoms with E-state index in [9.17, 15) is 0 Å². The second kappa shape index (κ2) is 6.84. The van der Waals surface area contributed by atoms with Crippen molar-refractivity contribution in [2.75, 3.05) is 13.7 Å². The topological polar surface area (TPSA) is 64.9 Å². The standard InChI is InChI=1S/C13H19N5O/c1-3-6-14-8-12-10-18(17-16-12)9-11-5-4-7-15-13(11)19-2/h4-5,7,10,14H,3,6,8-9H2,1-2H3. The predicted molar refractivity (Wildman–Crippen MR) is 71.9 cm³/mol. The molecule has 6 heteroatoms. The van der Waals surface area contributed by atoms with Gasteiger partial charge >= 0.3 is 0 Å². The van der Waals surface area contributed by atoms with Crippen LogP contribution in [0.1, 0.15) is 24.6 Å². The Labute approximate surface area is 112 Å². The van der Waals surface area contributed by atoms with E-state index in [4.69, 9.17) is 4.74 Å². The lowest BCUT2D eigenvalue weighted by molar-refractivity contribution is 0.390. The van der Waals surface area contributed by atoms with E-state index in [1.807, 2.05) is 18.3 Å². The Kier molecular flexibility index (Phi) is 4.85. The van der Waals surface area contributed by atoms with Crippen molar-refractivity contribution < 1.29 is 4.74 Å². The molecule has 0 spiro atoms. The third kappa shape index (κ3) is 3.75. The van der Waals surface area contributed by atoms with E-state index in [2.05, 4.69) is 27.5 Å². The summed E-state index contributed by atoms with van der Waals surface area (Å²) >= 11 is 0. The second-order valence-corrected chi connectivity index (χ2v) is 4.26. The summed E-state index contributed by atoms with van der Waals surface area (Å²) in [5.41, 5.74) is 1.93. The van der Waals surface area contributed by atoms with Crippen LogP contribution in [0.4, 0.5) is 0 Å². The number of rotatable bonds is 7. The molecule has 6 nitrogen and oxygen atoms in total. The number of nitrogens with zero attached hydrogens (tertiary/aromatic N) is 4. The van der Waals surface area contributed by atoms with E-state index in [0.29, 0.717) is 12.4 Å². The molecule has 0 aliphatic carbocycles. The van der Waals surface area contributed by atoms with Crippen LogP contribution in [0.15, 0.2) is 24.5 Å². The lowest BCUT2D eigenvalue weighted by Crippen LogP contribution is -2.13. The van der Waals surface area contributed by atoms with Crippen molar-refractivity contribution >= 4 is 0 Å². The maximum Gasteiger partial charge on any atom is 0.218 e. The average molecular weight is 261 g/mol. The number of methoxy groups -OCH3 is 1. The van der Waals surface area contributed by atoms with Crippen molar-refractivity contribution in [2.45, 2.75) is 26.4 Å². The molecule has 0 aliphatic rings. The number of pyridine rings is 1. The molecule has 0 aliphatic heterocycles. The fraction of sp³-hybridized carbons (Fsp3) is 0.462. The third-order valence-corrected chi connectivity index (χ3v) is 2.69. The Balaban J connectivity index is 1.99. The average Bonchev–Trinajstić information content (AvgIpc) is 2.87. The van der Waals surface area contributed by atoms with E-state index < -0.39 is 0 Å². The lowest BCUT2D eigenvalue weighted by Gasteiger charge is -2.05. The quantitative estimate of drug-likeness (QED) is 0.759. The van der Waals surface area contributed by atoms with Crippen molar-refractivity contribution in [3.8, 4) is 5.88 Å². The molecule has 0 saturated heterocycles. The van der Waals surface area contributed by atoms with E-state index in [-0.39, 0.29) is 0 Å².